The molecule has 1 aliphatic rings. The van der Waals surface area contributed by atoms with Gasteiger partial charge in [0.15, 0.2) is 9.84 Å². The molecule has 98 valence electrons. The Labute approximate surface area is 105 Å². The first kappa shape index (κ1) is 13.0. The Balaban J connectivity index is 2.11. The number of sulfone groups is 1. The highest BCUT2D eigenvalue weighted by molar-refractivity contribution is 7.91. The highest BCUT2D eigenvalue weighted by atomic mass is 32.2. The maximum Gasteiger partial charge on any atom is 0.254 e. The third-order valence-corrected chi connectivity index (χ3v) is 4.77. The molecule has 18 heavy (non-hydrogen) atoms. The molecular formula is C12H14FNO3S. The summed E-state index contributed by atoms with van der Waals surface area (Å²) in [6.45, 7) is 1.58. The van der Waals surface area contributed by atoms with Crippen molar-refractivity contribution in [1.29, 1.82) is 0 Å². The first-order valence-electron chi connectivity index (χ1n) is 5.65. The number of amides is 1. The van der Waals surface area contributed by atoms with E-state index in [0.717, 1.165) is 0 Å². The molecule has 1 atom stereocenters. The lowest BCUT2D eigenvalue weighted by atomic mass is 10.1. The van der Waals surface area contributed by atoms with Crippen molar-refractivity contribution in [2.24, 2.45) is 0 Å². The van der Waals surface area contributed by atoms with Crippen LogP contribution in [0.4, 0.5) is 4.39 Å². The van der Waals surface area contributed by atoms with Crippen LogP contribution in [-0.2, 0) is 9.84 Å². The molecule has 1 amide bonds. The minimum atomic E-state index is -3.05. The van der Waals surface area contributed by atoms with Crippen molar-refractivity contribution in [3.8, 4) is 0 Å². The molecule has 0 aromatic heterocycles. The fraction of sp³-hybridized carbons (Fsp3) is 0.417. The van der Waals surface area contributed by atoms with Gasteiger partial charge in [0.2, 0.25) is 0 Å². The molecule has 0 aliphatic carbocycles. The van der Waals surface area contributed by atoms with Gasteiger partial charge in [-0.15, -0.1) is 0 Å². The predicted molar refractivity (Wildman–Crippen MR) is 65.7 cm³/mol. The van der Waals surface area contributed by atoms with Crippen LogP contribution >= 0.6 is 0 Å². The van der Waals surface area contributed by atoms with Crippen molar-refractivity contribution in [3.63, 3.8) is 0 Å². The third-order valence-electron chi connectivity index (χ3n) is 3.00. The number of hydrogen-bond donors (Lipinski definition) is 1. The van der Waals surface area contributed by atoms with Crippen LogP contribution in [0.2, 0.25) is 0 Å². The molecule has 0 radical (unpaired) electrons. The Morgan fingerprint density at radius 3 is 2.78 bits per heavy atom. The van der Waals surface area contributed by atoms with Gasteiger partial charge in [0.1, 0.15) is 5.82 Å². The lowest BCUT2D eigenvalue weighted by Gasteiger charge is -2.11. The zero-order chi connectivity index (χ0) is 13.3. The number of carbonyl (C=O) groups is 1. The van der Waals surface area contributed by atoms with Gasteiger partial charge >= 0.3 is 0 Å². The van der Waals surface area contributed by atoms with Crippen molar-refractivity contribution in [2.45, 2.75) is 19.4 Å². The summed E-state index contributed by atoms with van der Waals surface area (Å²) in [6.07, 6.45) is 0.390. The Morgan fingerprint density at radius 2 is 2.17 bits per heavy atom. The molecule has 1 aromatic carbocycles. The first-order chi connectivity index (χ1) is 8.39. The van der Waals surface area contributed by atoms with Crippen LogP contribution < -0.4 is 5.32 Å². The lowest BCUT2D eigenvalue weighted by molar-refractivity contribution is 0.0937. The van der Waals surface area contributed by atoms with Gasteiger partial charge in [0, 0.05) is 6.04 Å². The smallest absolute Gasteiger partial charge is 0.254 e. The molecule has 0 spiro atoms. The standard InChI is InChI=1S/C12H14FNO3S/c1-8-3-2-4-10(11(8)13)12(15)14-9-5-6-18(16,17)7-9/h2-4,9H,5-7H2,1H3,(H,14,15). The lowest BCUT2D eigenvalue weighted by Crippen LogP contribution is -2.36. The molecule has 1 heterocycles. The SMILES string of the molecule is Cc1cccc(C(=O)NC2CCS(=O)(=O)C2)c1F. The highest BCUT2D eigenvalue weighted by Crippen LogP contribution is 2.15. The highest BCUT2D eigenvalue weighted by Gasteiger charge is 2.29. The Bertz CT molecular complexity index is 583. The van der Waals surface area contributed by atoms with Gasteiger partial charge in [0.05, 0.1) is 17.1 Å². The molecule has 1 aliphatic heterocycles. The number of nitrogens with one attached hydrogen (secondary N) is 1. The molecule has 0 saturated carbocycles. The molecule has 6 heteroatoms. The van der Waals surface area contributed by atoms with Crippen molar-refractivity contribution in [1.82, 2.24) is 5.32 Å². The van der Waals surface area contributed by atoms with E-state index in [0.29, 0.717) is 12.0 Å². The molecule has 0 bridgehead atoms. The second-order valence-electron chi connectivity index (χ2n) is 4.51. The van der Waals surface area contributed by atoms with Crippen molar-refractivity contribution in [2.75, 3.05) is 11.5 Å². The van der Waals surface area contributed by atoms with E-state index in [9.17, 15) is 17.6 Å². The number of halogens is 1. The summed E-state index contributed by atoms with van der Waals surface area (Å²) in [7, 11) is -3.05. The molecular weight excluding hydrogens is 257 g/mol. The molecule has 2 rings (SSSR count). The van der Waals surface area contributed by atoms with Gasteiger partial charge in [-0.3, -0.25) is 4.79 Å². The van der Waals surface area contributed by atoms with Gasteiger partial charge in [0.25, 0.3) is 5.91 Å². The number of rotatable bonds is 2. The van der Waals surface area contributed by atoms with Crippen molar-refractivity contribution < 1.29 is 17.6 Å². The fourth-order valence-corrected chi connectivity index (χ4v) is 3.67. The fourth-order valence-electron chi connectivity index (χ4n) is 1.99. The van der Waals surface area contributed by atoms with Gasteiger partial charge in [-0.2, -0.15) is 0 Å². The third kappa shape index (κ3) is 2.69. The Hall–Kier alpha value is -1.43. The van der Waals surface area contributed by atoms with Crippen molar-refractivity contribution in [3.05, 3.63) is 35.1 Å². The summed E-state index contributed by atoms with van der Waals surface area (Å²) in [4.78, 5) is 11.8. The van der Waals surface area contributed by atoms with Crippen LogP contribution in [0, 0.1) is 12.7 Å². The van der Waals surface area contributed by atoms with Gasteiger partial charge in [-0.1, -0.05) is 12.1 Å². The molecule has 1 fully saturated rings. The van der Waals surface area contributed by atoms with E-state index in [4.69, 9.17) is 0 Å². The molecule has 1 unspecified atom stereocenters. The van der Waals surface area contributed by atoms with E-state index in [2.05, 4.69) is 5.32 Å². The Morgan fingerprint density at radius 1 is 1.44 bits per heavy atom. The van der Waals surface area contributed by atoms with E-state index >= 15 is 0 Å². The summed E-state index contributed by atoms with van der Waals surface area (Å²) in [6, 6.07) is 4.15. The van der Waals surface area contributed by atoms with E-state index < -0.39 is 27.6 Å². The van der Waals surface area contributed by atoms with E-state index in [1.807, 2.05) is 0 Å². The topological polar surface area (TPSA) is 63.2 Å². The quantitative estimate of drug-likeness (QED) is 0.874. The number of hydrogen-bond acceptors (Lipinski definition) is 3. The number of aryl methyl sites for hydroxylation is 1. The minimum absolute atomic E-state index is 0.0423. The zero-order valence-electron chi connectivity index (χ0n) is 9.94. The van der Waals surface area contributed by atoms with Crippen LogP contribution in [-0.4, -0.2) is 31.9 Å². The average molecular weight is 271 g/mol. The number of benzene rings is 1. The summed E-state index contributed by atoms with van der Waals surface area (Å²) in [5.41, 5.74) is 0.348. The first-order valence-corrected chi connectivity index (χ1v) is 7.47. The summed E-state index contributed by atoms with van der Waals surface area (Å²) < 4.78 is 36.2. The van der Waals surface area contributed by atoms with Crippen LogP contribution in [0.25, 0.3) is 0 Å². The predicted octanol–water partition coefficient (Wildman–Crippen LogP) is 1.05. The molecule has 1 aromatic rings. The van der Waals surface area contributed by atoms with Crippen LogP contribution in [0.5, 0.6) is 0 Å². The van der Waals surface area contributed by atoms with Gasteiger partial charge in [-0.05, 0) is 25.0 Å². The van der Waals surface area contributed by atoms with Gasteiger partial charge in [-0.25, -0.2) is 12.8 Å². The van der Waals surface area contributed by atoms with Crippen LogP contribution in [0.3, 0.4) is 0 Å². The van der Waals surface area contributed by atoms with Crippen molar-refractivity contribution >= 4 is 15.7 Å². The second-order valence-corrected chi connectivity index (χ2v) is 6.74. The Kier molecular flexibility index (Phi) is 3.38. The normalized spacial score (nSPS) is 21.8. The molecule has 4 nitrogen and oxygen atoms in total. The van der Waals surface area contributed by atoms with Crippen LogP contribution in [0.1, 0.15) is 22.3 Å². The largest absolute Gasteiger partial charge is 0.348 e. The van der Waals surface area contributed by atoms with Gasteiger partial charge < -0.3 is 5.32 Å². The molecule has 1 N–H and O–H groups in total. The number of carbonyl (C=O) groups excluding carboxylic acids is 1. The second kappa shape index (κ2) is 4.68. The van der Waals surface area contributed by atoms with Crippen LogP contribution in [0.15, 0.2) is 18.2 Å². The maximum atomic E-state index is 13.7. The monoisotopic (exact) mass is 271 g/mol. The molecule has 1 saturated heterocycles. The summed E-state index contributed by atoms with van der Waals surface area (Å²) in [5.74, 6) is -1.10. The zero-order valence-corrected chi connectivity index (χ0v) is 10.8. The van der Waals surface area contributed by atoms with E-state index in [1.165, 1.54) is 6.07 Å². The average Bonchev–Trinajstić information content (AvgIpc) is 2.62. The maximum absolute atomic E-state index is 13.7. The summed E-state index contributed by atoms with van der Waals surface area (Å²) >= 11 is 0. The minimum Gasteiger partial charge on any atom is -0.348 e. The summed E-state index contributed by atoms with van der Waals surface area (Å²) in [5, 5.41) is 2.56. The van der Waals surface area contributed by atoms with E-state index in [-0.39, 0.29) is 17.1 Å². The van der Waals surface area contributed by atoms with E-state index in [1.54, 1.807) is 19.1 Å².